The maximum absolute atomic E-state index is 13.6. The van der Waals surface area contributed by atoms with Gasteiger partial charge in [0.1, 0.15) is 18.1 Å². The van der Waals surface area contributed by atoms with Gasteiger partial charge in [0.05, 0.1) is 17.6 Å². The van der Waals surface area contributed by atoms with Crippen LogP contribution in [0.3, 0.4) is 0 Å². The van der Waals surface area contributed by atoms with Crippen molar-refractivity contribution in [3.8, 4) is 0 Å². The Morgan fingerprint density at radius 1 is 0.722 bits per heavy atom. The average molecular weight is 762 g/mol. The molecule has 4 rings (SSSR count). The van der Waals surface area contributed by atoms with Crippen LogP contribution in [0.5, 0.6) is 0 Å². The van der Waals surface area contributed by atoms with E-state index >= 15 is 0 Å². The largest absolute Gasteiger partial charge is 0.481 e. The molecule has 0 aromatic heterocycles. The zero-order chi connectivity index (χ0) is 39.7. The summed E-state index contributed by atoms with van der Waals surface area (Å²) >= 11 is 0. The molecule has 13 nitrogen and oxygen atoms in total. The van der Waals surface area contributed by atoms with Gasteiger partial charge in [-0.05, 0) is 115 Å². The molecule has 54 heavy (non-hydrogen) atoms. The van der Waals surface area contributed by atoms with Crippen LogP contribution < -0.4 is 38.1 Å². The third-order valence-corrected chi connectivity index (χ3v) is 12.4. The Bertz CT molecular complexity index is 1180. The number of carbonyl (C=O) groups is 4. The highest BCUT2D eigenvalue weighted by atomic mass is 16.7. The molecule has 4 amide bonds. The van der Waals surface area contributed by atoms with Gasteiger partial charge in [0.15, 0.2) is 0 Å². The van der Waals surface area contributed by atoms with Crippen LogP contribution in [0.1, 0.15) is 151 Å². The lowest BCUT2D eigenvalue weighted by Crippen LogP contribution is -2.65. The molecule has 9 N–H and O–H groups in total. The first kappa shape index (κ1) is 46.1. The van der Waals surface area contributed by atoms with Crippen LogP contribution in [0.4, 0.5) is 0 Å². The molecule has 0 aromatic rings. The highest BCUT2D eigenvalue weighted by Gasteiger charge is 2.68. The van der Waals surface area contributed by atoms with Crippen LogP contribution >= 0.6 is 0 Å². The first-order valence-electron chi connectivity index (χ1n) is 21.4. The summed E-state index contributed by atoms with van der Waals surface area (Å²) in [5.74, 6) is -0.920. The molecule has 3 aliphatic carbocycles. The number of nitrogens with one attached hydrogen (secondary N) is 5. The van der Waals surface area contributed by atoms with Crippen molar-refractivity contribution in [1.29, 1.82) is 0 Å². The molecule has 1 saturated heterocycles. The van der Waals surface area contributed by atoms with E-state index in [1.54, 1.807) is 6.92 Å². The summed E-state index contributed by atoms with van der Waals surface area (Å²) in [5, 5.41) is 14.9. The maximum Gasteiger partial charge on any atom is 0.481 e. The van der Waals surface area contributed by atoms with E-state index in [0.29, 0.717) is 70.0 Å². The molecule has 4 fully saturated rings. The Kier molecular flexibility index (Phi) is 19.7. The molecule has 0 spiro atoms. The van der Waals surface area contributed by atoms with Gasteiger partial charge in [-0.2, -0.15) is 0 Å². The fourth-order valence-electron chi connectivity index (χ4n) is 8.68. The van der Waals surface area contributed by atoms with E-state index in [0.717, 1.165) is 25.8 Å². The molecule has 8 unspecified atom stereocenters. The topological polar surface area (TPSA) is 199 Å². The minimum atomic E-state index is -0.943. The summed E-state index contributed by atoms with van der Waals surface area (Å²) in [4.78, 5) is 53.3. The number of rotatable bonds is 28. The monoisotopic (exact) mass is 762 g/mol. The van der Waals surface area contributed by atoms with Gasteiger partial charge in [0.25, 0.3) is 0 Å². The van der Waals surface area contributed by atoms with Gasteiger partial charge in [-0.3, -0.25) is 19.2 Å². The Morgan fingerprint density at radius 2 is 1.31 bits per heavy atom. The predicted octanol–water partition coefficient (Wildman–Crippen LogP) is 3.61. The van der Waals surface area contributed by atoms with Crippen molar-refractivity contribution in [1.82, 2.24) is 26.6 Å². The lowest BCUT2D eigenvalue weighted by molar-refractivity contribution is -0.199. The van der Waals surface area contributed by atoms with Crippen LogP contribution in [0.25, 0.3) is 0 Å². The minimum Gasteiger partial charge on any atom is -0.404 e. The fraction of sp³-hybridized carbons (Fsp3) is 0.900. The van der Waals surface area contributed by atoms with Crippen LogP contribution in [0.15, 0.2) is 0 Å². The summed E-state index contributed by atoms with van der Waals surface area (Å²) in [7, 11) is -0.588. The van der Waals surface area contributed by atoms with Gasteiger partial charge in [0.2, 0.25) is 23.6 Å². The molecule has 0 radical (unpaired) electrons. The Morgan fingerprint density at radius 3 is 1.93 bits per heavy atom. The second-order valence-corrected chi connectivity index (χ2v) is 17.1. The molecule has 3 saturated carbocycles. The highest BCUT2D eigenvalue weighted by molar-refractivity contribution is 6.47. The lowest BCUT2D eigenvalue weighted by atomic mass is 9.43. The summed E-state index contributed by atoms with van der Waals surface area (Å²) in [6.45, 7) is 14.8. The van der Waals surface area contributed by atoms with E-state index in [9.17, 15) is 19.2 Å². The summed E-state index contributed by atoms with van der Waals surface area (Å²) in [6, 6.07) is -2.58. The van der Waals surface area contributed by atoms with E-state index in [2.05, 4.69) is 54.3 Å². The minimum absolute atomic E-state index is 0.00624. The van der Waals surface area contributed by atoms with Crippen molar-refractivity contribution < 1.29 is 28.5 Å². The van der Waals surface area contributed by atoms with Crippen LogP contribution in [0, 0.1) is 17.3 Å². The van der Waals surface area contributed by atoms with Gasteiger partial charge >= 0.3 is 7.12 Å². The van der Waals surface area contributed by atoms with Crippen molar-refractivity contribution in [2.75, 3.05) is 26.2 Å². The molecule has 8 atom stereocenters. The summed E-state index contributed by atoms with van der Waals surface area (Å²) < 4.78 is 12.9. The summed E-state index contributed by atoms with van der Waals surface area (Å²) in [5.41, 5.74) is 11.2. The number of hydrogen-bond donors (Lipinski definition) is 7. The van der Waals surface area contributed by atoms with E-state index in [4.69, 9.17) is 20.8 Å². The Hall–Kier alpha value is -2.26. The summed E-state index contributed by atoms with van der Waals surface area (Å²) in [6.07, 6.45) is 15.8. The molecular formula is C40H76BN7O6. The van der Waals surface area contributed by atoms with E-state index < -0.39 is 48.6 Å². The lowest BCUT2D eigenvalue weighted by Gasteiger charge is -2.64. The first-order chi connectivity index (χ1) is 25.8. The third kappa shape index (κ3) is 13.4. The van der Waals surface area contributed by atoms with Gasteiger partial charge in [0, 0.05) is 13.0 Å². The van der Waals surface area contributed by atoms with Gasteiger partial charge in [-0.15, -0.1) is 0 Å². The van der Waals surface area contributed by atoms with E-state index in [1.165, 1.54) is 44.9 Å². The molecule has 4 aliphatic rings. The Labute approximate surface area is 326 Å². The van der Waals surface area contributed by atoms with Crippen molar-refractivity contribution >= 4 is 30.7 Å². The molecular weight excluding hydrogens is 685 g/mol. The van der Waals surface area contributed by atoms with E-state index in [-0.39, 0.29) is 29.8 Å². The van der Waals surface area contributed by atoms with Crippen molar-refractivity contribution in [2.45, 2.75) is 186 Å². The van der Waals surface area contributed by atoms with Crippen LogP contribution in [-0.4, -0.2) is 92.7 Å². The normalized spacial score (nSPS) is 24.7. The number of amides is 4. The first-order valence-corrected chi connectivity index (χ1v) is 21.4. The SMILES string of the molecule is CCCCCCCCCCNCCC(=O)NC(CCCCN)C(=O)NC(C)C(=O)NC(CCCCN)C(=O)NC(C)B1OC2CC3CC(C3(C)C)C2(C)O1. The number of carbonyl (C=O) groups excluding carboxylic acids is 4. The number of nitrogens with two attached hydrogens (primary N) is 2. The zero-order valence-corrected chi connectivity index (χ0v) is 34.6. The highest BCUT2D eigenvalue weighted by Crippen LogP contribution is 2.65. The molecule has 0 aromatic carbocycles. The Balaban J connectivity index is 1.47. The maximum atomic E-state index is 13.6. The smallest absolute Gasteiger partial charge is 0.404 e. The second kappa shape index (κ2) is 23.1. The van der Waals surface area contributed by atoms with Gasteiger partial charge in [-0.1, -0.05) is 65.7 Å². The molecule has 310 valence electrons. The van der Waals surface area contributed by atoms with E-state index in [1.807, 2.05) is 6.92 Å². The number of unbranched alkanes of at least 4 members (excludes halogenated alkanes) is 9. The molecule has 1 aliphatic heterocycles. The molecule has 1 heterocycles. The molecule has 14 heteroatoms. The zero-order valence-electron chi connectivity index (χ0n) is 34.6. The van der Waals surface area contributed by atoms with Gasteiger partial charge in [-0.25, -0.2) is 0 Å². The van der Waals surface area contributed by atoms with Gasteiger partial charge < -0.3 is 47.4 Å². The quantitative estimate of drug-likeness (QED) is 0.0460. The number of hydrogen-bond acceptors (Lipinski definition) is 9. The predicted molar refractivity (Wildman–Crippen MR) is 215 cm³/mol. The van der Waals surface area contributed by atoms with Crippen molar-refractivity contribution in [2.24, 2.45) is 28.7 Å². The van der Waals surface area contributed by atoms with Crippen LogP contribution in [0.2, 0.25) is 0 Å². The van der Waals surface area contributed by atoms with Crippen molar-refractivity contribution in [3.63, 3.8) is 0 Å². The third-order valence-electron chi connectivity index (χ3n) is 12.4. The van der Waals surface area contributed by atoms with Crippen LogP contribution in [-0.2, 0) is 28.5 Å². The molecule has 2 bridgehead atoms. The fourth-order valence-corrected chi connectivity index (χ4v) is 8.68. The second-order valence-electron chi connectivity index (χ2n) is 17.1. The average Bonchev–Trinajstić information content (AvgIpc) is 3.50. The van der Waals surface area contributed by atoms with Crippen molar-refractivity contribution in [3.05, 3.63) is 0 Å². The standard InChI is InChI=1S/C40H76BN7O6/c1-7-8-9-10-11-12-13-18-24-44-25-21-35(49)47-31(19-14-16-22-42)37(51)45-28(2)36(50)48-32(20-15-17-23-43)38(52)46-29(3)41-53-34-27-30-26-33(39(30,4)5)40(34,6)54-41/h28-34,44H,7-27,42-43H2,1-6H3,(H,45,51)(H,46,52)(H,47,49)(H,48,50).